The molecule has 0 saturated carbocycles. The molecule has 2 aromatic heterocycles. The minimum atomic E-state index is -0.418. The zero-order valence-corrected chi connectivity index (χ0v) is 16.4. The second-order valence-corrected chi connectivity index (χ2v) is 7.74. The van der Waals surface area contributed by atoms with Crippen molar-refractivity contribution in [2.45, 2.75) is 30.7 Å². The van der Waals surface area contributed by atoms with Crippen LogP contribution >= 0.6 is 34.7 Å². The lowest BCUT2D eigenvalue weighted by atomic mass is 10.2. The maximum absolute atomic E-state index is 12.5. The molecule has 1 aromatic carbocycles. The molecular weight excluding hydrogens is 390 g/mol. The number of carbonyl (C=O) groups excluding carboxylic acids is 1. The summed E-state index contributed by atoms with van der Waals surface area (Å²) in [5.74, 6) is 0.290. The van der Waals surface area contributed by atoms with Crippen LogP contribution in [-0.4, -0.2) is 26.1 Å². The van der Waals surface area contributed by atoms with Crippen molar-refractivity contribution in [2.75, 3.05) is 5.32 Å². The Bertz CT molecular complexity index is 888. The van der Waals surface area contributed by atoms with Gasteiger partial charge in [0.25, 0.3) is 5.91 Å². The molecule has 0 unspecified atom stereocenters. The van der Waals surface area contributed by atoms with Gasteiger partial charge in [0.15, 0.2) is 10.9 Å². The summed E-state index contributed by atoms with van der Waals surface area (Å²) < 4.78 is 0. The van der Waals surface area contributed by atoms with E-state index in [9.17, 15) is 4.79 Å². The van der Waals surface area contributed by atoms with Gasteiger partial charge in [0, 0.05) is 12.2 Å². The molecule has 0 aliphatic carbocycles. The van der Waals surface area contributed by atoms with Gasteiger partial charge in [-0.3, -0.25) is 10.1 Å². The molecule has 1 amide bonds. The van der Waals surface area contributed by atoms with E-state index in [2.05, 4.69) is 32.4 Å². The molecule has 0 spiro atoms. The fourth-order valence-electron chi connectivity index (χ4n) is 2.08. The first kappa shape index (κ1) is 18.8. The third-order valence-corrected chi connectivity index (χ3v) is 5.41. The lowest BCUT2D eigenvalue weighted by Gasteiger charge is -2.05. The summed E-state index contributed by atoms with van der Waals surface area (Å²) in [6, 6.07) is 9.98. The summed E-state index contributed by atoms with van der Waals surface area (Å²) in [4.78, 5) is 20.9. The Morgan fingerprint density at radius 1 is 1.27 bits per heavy atom. The van der Waals surface area contributed by atoms with E-state index in [1.165, 1.54) is 29.3 Å². The molecule has 9 heteroatoms. The highest BCUT2D eigenvalue weighted by Gasteiger charge is 2.16. The zero-order chi connectivity index (χ0) is 18.4. The van der Waals surface area contributed by atoms with Gasteiger partial charge in [-0.05, 0) is 12.0 Å². The van der Waals surface area contributed by atoms with Crippen molar-refractivity contribution < 1.29 is 4.79 Å². The summed E-state index contributed by atoms with van der Waals surface area (Å²) in [7, 11) is 0. The van der Waals surface area contributed by atoms with Crippen LogP contribution in [0.5, 0.6) is 0 Å². The lowest BCUT2D eigenvalue weighted by Crippen LogP contribution is -2.15. The van der Waals surface area contributed by atoms with Crippen LogP contribution < -0.4 is 5.32 Å². The molecule has 0 aliphatic rings. The first-order valence-corrected chi connectivity index (χ1v) is 10.2. The smallest absolute Gasteiger partial charge is 0.277 e. The van der Waals surface area contributed by atoms with Crippen molar-refractivity contribution in [3.8, 4) is 0 Å². The number of nitrogens with zero attached hydrogens (tertiary/aromatic N) is 4. The van der Waals surface area contributed by atoms with Gasteiger partial charge in [-0.1, -0.05) is 72.0 Å². The van der Waals surface area contributed by atoms with Crippen molar-refractivity contribution in [2.24, 2.45) is 0 Å². The number of amides is 1. The number of carbonyl (C=O) groups is 1. The summed E-state index contributed by atoms with van der Waals surface area (Å²) in [5.41, 5.74) is 1.28. The molecule has 0 atom stereocenters. The van der Waals surface area contributed by atoms with Gasteiger partial charge in [-0.25, -0.2) is 9.97 Å². The number of hydrogen-bond donors (Lipinski definition) is 1. The number of aromatic nitrogens is 4. The van der Waals surface area contributed by atoms with Gasteiger partial charge in [-0.15, -0.1) is 10.2 Å². The van der Waals surface area contributed by atoms with Crippen LogP contribution in [0, 0.1) is 0 Å². The van der Waals surface area contributed by atoms with E-state index in [4.69, 9.17) is 11.6 Å². The maximum atomic E-state index is 12.5. The predicted octanol–water partition coefficient (Wildman–Crippen LogP) is 4.48. The fraction of sp³-hybridized carbons (Fsp3) is 0.235. The molecule has 26 heavy (non-hydrogen) atoms. The molecule has 1 N–H and O–H groups in total. The van der Waals surface area contributed by atoms with Crippen LogP contribution in [-0.2, 0) is 12.2 Å². The van der Waals surface area contributed by atoms with Crippen LogP contribution in [0.25, 0.3) is 0 Å². The van der Waals surface area contributed by atoms with Gasteiger partial charge < -0.3 is 0 Å². The van der Waals surface area contributed by atoms with E-state index in [0.717, 1.165) is 23.4 Å². The Morgan fingerprint density at radius 2 is 2.08 bits per heavy atom. The Kier molecular flexibility index (Phi) is 6.54. The number of anilines is 1. The van der Waals surface area contributed by atoms with Crippen molar-refractivity contribution in [1.29, 1.82) is 0 Å². The number of nitrogens with one attached hydrogen (secondary N) is 1. The second kappa shape index (κ2) is 9.07. The minimum absolute atomic E-state index is 0.129. The Hall–Kier alpha value is -2.03. The number of benzene rings is 1. The van der Waals surface area contributed by atoms with E-state index < -0.39 is 5.91 Å². The highest BCUT2D eigenvalue weighted by molar-refractivity contribution is 7.98. The number of rotatable bonds is 7. The third kappa shape index (κ3) is 5.00. The van der Waals surface area contributed by atoms with Gasteiger partial charge >= 0.3 is 0 Å². The quantitative estimate of drug-likeness (QED) is 0.461. The van der Waals surface area contributed by atoms with E-state index in [1.807, 2.05) is 30.3 Å². The number of thioether (sulfide) groups is 1. The van der Waals surface area contributed by atoms with Gasteiger partial charge in [0.05, 0.1) is 11.2 Å². The maximum Gasteiger partial charge on any atom is 0.277 e. The SMILES string of the molecule is CCCc1nnc(NC(=O)c2nc(SCc3ccccc3)ncc2Cl)s1. The molecule has 3 rings (SSSR count). The highest BCUT2D eigenvalue weighted by atomic mass is 35.5. The average molecular weight is 406 g/mol. The predicted molar refractivity (Wildman–Crippen MR) is 105 cm³/mol. The van der Waals surface area contributed by atoms with Crippen molar-refractivity contribution in [3.63, 3.8) is 0 Å². The number of halogens is 1. The molecule has 0 saturated heterocycles. The minimum Gasteiger partial charge on any atom is -0.295 e. The topological polar surface area (TPSA) is 80.7 Å². The van der Waals surface area contributed by atoms with Crippen LogP contribution in [0.4, 0.5) is 5.13 Å². The summed E-state index contributed by atoms with van der Waals surface area (Å²) in [5, 5.41) is 12.7. The van der Waals surface area contributed by atoms with E-state index in [0.29, 0.717) is 16.0 Å². The summed E-state index contributed by atoms with van der Waals surface area (Å²) in [6.07, 6.45) is 3.25. The van der Waals surface area contributed by atoms with E-state index in [-0.39, 0.29) is 10.7 Å². The molecule has 0 bridgehead atoms. The molecule has 0 radical (unpaired) electrons. The molecule has 0 aliphatic heterocycles. The fourth-order valence-corrected chi connectivity index (χ4v) is 3.86. The van der Waals surface area contributed by atoms with E-state index in [1.54, 1.807) is 0 Å². The molecule has 6 nitrogen and oxygen atoms in total. The number of aryl methyl sites for hydroxylation is 1. The van der Waals surface area contributed by atoms with Crippen LogP contribution in [0.15, 0.2) is 41.7 Å². The van der Waals surface area contributed by atoms with Gasteiger partial charge in [0.1, 0.15) is 5.01 Å². The summed E-state index contributed by atoms with van der Waals surface area (Å²) in [6.45, 7) is 2.06. The average Bonchev–Trinajstić information content (AvgIpc) is 3.09. The van der Waals surface area contributed by atoms with Crippen molar-refractivity contribution >= 4 is 45.7 Å². The zero-order valence-electron chi connectivity index (χ0n) is 14.0. The lowest BCUT2D eigenvalue weighted by molar-refractivity contribution is 0.102. The first-order valence-electron chi connectivity index (χ1n) is 7.98. The first-order chi connectivity index (χ1) is 12.7. The van der Waals surface area contributed by atoms with Gasteiger partial charge in [-0.2, -0.15) is 0 Å². The largest absolute Gasteiger partial charge is 0.295 e. The van der Waals surface area contributed by atoms with Gasteiger partial charge in [0.2, 0.25) is 5.13 Å². The Labute approximate surface area is 164 Å². The normalized spacial score (nSPS) is 10.7. The van der Waals surface area contributed by atoms with Crippen molar-refractivity contribution in [1.82, 2.24) is 20.2 Å². The van der Waals surface area contributed by atoms with E-state index >= 15 is 0 Å². The van der Waals surface area contributed by atoms with Crippen molar-refractivity contribution in [3.05, 3.63) is 57.8 Å². The Balaban J connectivity index is 1.68. The molecule has 0 fully saturated rings. The monoisotopic (exact) mass is 405 g/mol. The van der Waals surface area contributed by atoms with Crippen LogP contribution in [0.3, 0.4) is 0 Å². The number of hydrogen-bond acceptors (Lipinski definition) is 7. The molecule has 3 aromatic rings. The third-order valence-electron chi connectivity index (χ3n) is 3.30. The highest BCUT2D eigenvalue weighted by Crippen LogP contribution is 2.23. The Morgan fingerprint density at radius 3 is 2.85 bits per heavy atom. The molecular formula is C17H16ClN5OS2. The van der Waals surface area contributed by atoms with Crippen LogP contribution in [0.1, 0.15) is 34.4 Å². The molecule has 2 heterocycles. The second-order valence-electron chi connectivity index (χ2n) is 5.33. The summed E-state index contributed by atoms with van der Waals surface area (Å²) >= 11 is 8.90. The van der Waals surface area contributed by atoms with Crippen LogP contribution in [0.2, 0.25) is 5.02 Å². The molecule has 134 valence electrons. The standard InChI is InChI=1S/C17H16ClN5OS2/c1-2-6-13-22-23-17(26-13)21-15(24)14-12(18)9-19-16(20-14)25-10-11-7-4-3-5-8-11/h3-5,7-9H,2,6,10H2,1H3,(H,21,23,24).